The van der Waals surface area contributed by atoms with Crippen LogP contribution in [0.25, 0.3) is 0 Å². The Kier molecular flexibility index (Phi) is 4.76. The average Bonchev–Trinajstić information content (AvgIpc) is 2.42. The first-order chi connectivity index (χ1) is 9.49. The summed E-state index contributed by atoms with van der Waals surface area (Å²) in [5, 5.41) is 13.0. The van der Waals surface area contributed by atoms with Crippen LogP contribution >= 0.6 is 34.8 Å². The van der Waals surface area contributed by atoms with E-state index in [-0.39, 0.29) is 15.1 Å². The maximum absolute atomic E-state index is 11.4. The van der Waals surface area contributed by atoms with Crippen LogP contribution in [0.15, 0.2) is 42.5 Å². The van der Waals surface area contributed by atoms with Gasteiger partial charge in [-0.1, -0.05) is 65.1 Å². The molecule has 2 N–H and O–H groups in total. The van der Waals surface area contributed by atoms with E-state index in [9.17, 15) is 9.90 Å². The van der Waals surface area contributed by atoms with Crippen LogP contribution in [-0.4, -0.2) is 11.1 Å². The predicted octanol–water partition coefficient (Wildman–Crippen LogP) is 4.88. The lowest BCUT2D eigenvalue weighted by Crippen LogP contribution is -2.20. The Bertz CT molecular complexity index is 609. The lowest BCUT2D eigenvalue weighted by molar-refractivity contribution is -0.138. The molecule has 0 bridgehead atoms. The average molecular weight is 331 g/mol. The van der Waals surface area contributed by atoms with Crippen LogP contribution in [0.2, 0.25) is 15.1 Å². The summed E-state index contributed by atoms with van der Waals surface area (Å²) >= 11 is 17.7. The maximum Gasteiger partial charge on any atom is 0.330 e. The van der Waals surface area contributed by atoms with Gasteiger partial charge < -0.3 is 10.4 Å². The van der Waals surface area contributed by atoms with Crippen molar-refractivity contribution in [3.63, 3.8) is 0 Å². The highest BCUT2D eigenvalue weighted by Gasteiger charge is 2.20. The molecule has 0 aromatic heterocycles. The van der Waals surface area contributed by atoms with E-state index in [4.69, 9.17) is 34.8 Å². The summed E-state index contributed by atoms with van der Waals surface area (Å²) < 4.78 is 0. The van der Waals surface area contributed by atoms with E-state index >= 15 is 0 Å². The van der Waals surface area contributed by atoms with Crippen molar-refractivity contribution in [1.29, 1.82) is 0 Å². The number of carbonyl (C=O) groups is 1. The number of aliphatic carboxylic acids is 1. The van der Waals surface area contributed by atoms with Crippen molar-refractivity contribution in [2.45, 2.75) is 6.04 Å². The van der Waals surface area contributed by atoms with E-state index in [0.717, 1.165) is 0 Å². The van der Waals surface area contributed by atoms with Crippen molar-refractivity contribution in [2.75, 3.05) is 5.32 Å². The third kappa shape index (κ3) is 3.37. The van der Waals surface area contributed by atoms with Gasteiger partial charge in [-0.05, 0) is 17.7 Å². The Morgan fingerprint density at radius 3 is 2.10 bits per heavy atom. The molecular formula is C14H10Cl3NO2. The molecule has 0 aliphatic rings. The molecule has 6 heteroatoms. The largest absolute Gasteiger partial charge is 0.479 e. The van der Waals surface area contributed by atoms with Crippen molar-refractivity contribution < 1.29 is 9.90 Å². The summed E-state index contributed by atoms with van der Waals surface area (Å²) in [7, 11) is 0. The summed E-state index contributed by atoms with van der Waals surface area (Å²) in [6, 6.07) is 11.0. The molecule has 0 heterocycles. The fraction of sp³-hybridized carbons (Fsp3) is 0.0714. The molecule has 2 rings (SSSR count). The fourth-order valence-electron chi connectivity index (χ4n) is 1.74. The van der Waals surface area contributed by atoms with Gasteiger partial charge in [-0.2, -0.15) is 0 Å². The standard InChI is InChI=1S/C14H10Cl3NO2/c15-10-6-9(7-11(16)12(10)17)18-13(14(19)20)8-4-2-1-3-5-8/h1-7,13,18H,(H,19,20). The van der Waals surface area contributed by atoms with Crippen LogP contribution in [0.1, 0.15) is 11.6 Å². The van der Waals surface area contributed by atoms with E-state index < -0.39 is 12.0 Å². The Morgan fingerprint density at radius 1 is 1.05 bits per heavy atom. The summed E-state index contributed by atoms with van der Waals surface area (Å²) in [4.78, 5) is 11.4. The fourth-order valence-corrected chi connectivity index (χ4v) is 2.33. The number of carboxylic acid groups (broad SMARTS) is 1. The molecule has 2 aromatic carbocycles. The summed E-state index contributed by atoms with van der Waals surface area (Å²) in [5.74, 6) is -1.00. The second-order valence-corrected chi connectivity index (χ2v) is 5.27. The number of halogens is 3. The number of carboxylic acids is 1. The van der Waals surface area contributed by atoms with Crippen LogP contribution in [0.5, 0.6) is 0 Å². The molecule has 20 heavy (non-hydrogen) atoms. The molecule has 0 fully saturated rings. The van der Waals surface area contributed by atoms with Crippen LogP contribution < -0.4 is 5.32 Å². The van der Waals surface area contributed by atoms with Gasteiger partial charge in [-0.15, -0.1) is 0 Å². The zero-order chi connectivity index (χ0) is 14.7. The Labute approximate surface area is 131 Å². The molecule has 0 spiro atoms. The number of hydrogen-bond donors (Lipinski definition) is 2. The first-order valence-corrected chi connectivity index (χ1v) is 6.81. The SMILES string of the molecule is O=C(O)C(Nc1cc(Cl)c(Cl)c(Cl)c1)c1ccccc1. The number of hydrogen-bond acceptors (Lipinski definition) is 2. The lowest BCUT2D eigenvalue weighted by atomic mass is 10.1. The minimum Gasteiger partial charge on any atom is -0.479 e. The number of rotatable bonds is 4. The van der Waals surface area contributed by atoms with Gasteiger partial charge in [0.2, 0.25) is 0 Å². The van der Waals surface area contributed by atoms with Gasteiger partial charge in [0.15, 0.2) is 6.04 Å². The normalized spacial score (nSPS) is 11.9. The van der Waals surface area contributed by atoms with E-state index in [1.807, 2.05) is 6.07 Å². The van der Waals surface area contributed by atoms with E-state index in [0.29, 0.717) is 11.3 Å². The smallest absolute Gasteiger partial charge is 0.330 e. The minimum absolute atomic E-state index is 0.241. The van der Waals surface area contributed by atoms with E-state index in [1.54, 1.807) is 24.3 Å². The molecule has 0 saturated carbocycles. The second kappa shape index (κ2) is 6.35. The molecular weight excluding hydrogens is 321 g/mol. The second-order valence-electron chi connectivity index (χ2n) is 4.08. The molecule has 0 saturated heterocycles. The lowest BCUT2D eigenvalue weighted by Gasteiger charge is -2.17. The summed E-state index contributed by atoms with van der Waals surface area (Å²) in [6.07, 6.45) is 0. The van der Waals surface area contributed by atoms with E-state index in [2.05, 4.69) is 5.32 Å². The van der Waals surface area contributed by atoms with Gasteiger partial charge in [-0.25, -0.2) is 4.79 Å². The van der Waals surface area contributed by atoms with Crippen LogP contribution in [0.3, 0.4) is 0 Å². The maximum atomic E-state index is 11.4. The van der Waals surface area contributed by atoms with Gasteiger partial charge in [0, 0.05) is 5.69 Å². The van der Waals surface area contributed by atoms with Crippen molar-refractivity contribution in [3.05, 3.63) is 63.1 Å². The highest BCUT2D eigenvalue weighted by atomic mass is 35.5. The molecule has 1 unspecified atom stereocenters. The van der Waals surface area contributed by atoms with Gasteiger partial charge in [0.05, 0.1) is 15.1 Å². The Balaban J connectivity index is 2.32. The monoisotopic (exact) mass is 329 g/mol. The number of anilines is 1. The molecule has 0 aliphatic heterocycles. The van der Waals surface area contributed by atoms with Crippen molar-refractivity contribution >= 4 is 46.5 Å². The number of benzene rings is 2. The van der Waals surface area contributed by atoms with Crippen molar-refractivity contribution in [2.24, 2.45) is 0 Å². The zero-order valence-corrected chi connectivity index (χ0v) is 12.4. The first-order valence-electron chi connectivity index (χ1n) is 5.68. The molecule has 0 radical (unpaired) electrons. The molecule has 0 amide bonds. The van der Waals surface area contributed by atoms with Gasteiger partial charge in [0.25, 0.3) is 0 Å². The topological polar surface area (TPSA) is 49.3 Å². The Morgan fingerprint density at radius 2 is 1.60 bits per heavy atom. The molecule has 3 nitrogen and oxygen atoms in total. The zero-order valence-electron chi connectivity index (χ0n) is 10.1. The van der Waals surface area contributed by atoms with Crippen molar-refractivity contribution in [1.82, 2.24) is 0 Å². The molecule has 104 valence electrons. The van der Waals surface area contributed by atoms with Gasteiger partial charge >= 0.3 is 5.97 Å². The predicted molar refractivity (Wildman–Crippen MR) is 81.9 cm³/mol. The van der Waals surface area contributed by atoms with Crippen molar-refractivity contribution in [3.8, 4) is 0 Å². The molecule has 0 aliphatic carbocycles. The van der Waals surface area contributed by atoms with Gasteiger partial charge in [0.1, 0.15) is 0 Å². The molecule has 1 atom stereocenters. The minimum atomic E-state index is -1.00. The summed E-state index contributed by atoms with van der Waals surface area (Å²) in [6.45, 7) is 0. The highest BCUT2D eigenvalue weighted by molar-refractivity contribution is 6.48. The third-order valence-electron chi connectivity index (χ3n) is 2.67. The third-order valence-corrected chi connectivity index (χ3v) is 3.87. The summed E-state index contributed by atoms with van der Waals surface area (Å²) in [5.41, 5.74) is 1.11. The first kappa shape index (κ1) is 15.0. The van der Waals surface area contributed by atoms with E-state index in [1.165, 1.54) is 12.1 Å². The van der Waals surface area contributed by atoms with Crippen LogP contribution in [-0.2, 0) is 4.79 Å². The van der Waals surface area contributed by atoms with Gasteiger partial charge in [-0.3, -0.25) is 0 Å². The molecule has 2 aromatic rings. The highest BCUT2D eigenvalue weighted by Crippen LogP contribution is 2.34. The quantitative estimate of drug-likeness (QED) is 0.785. The van der Waals surface area contributed by atoms with Crippen LogP contribution in [0, 0.1) is 0 Å². The Hall–Kier alpha value is -1.42. The number of nitrogens with one attached hydrogen (secondary N) is 1. The van der Waals surface area contributed by atoms with Crippen LogP contribution in [0.4, 0.5) is 5.69 Å².